The number of aromatic nitrogens is 4. The monoisotopic (exact) mass is 439 g/mol. The smallest absolute Gasteiger partial charge is 0.241 e. The van der Waals surface area contributed by atoms with Crippen LogP contribution in [0.4, 0.5) is 0 Å². The van der Waals surface area contributed by atoms with Crippen molar-refractivity contribution in [3.63, 3.8) is 0 Å². The summed E-state index contributed by atoms with van der Waals surface area (Å²) in [7, 11) is 2.09. The third-order valence-electron chi connectivity index (χ3n) is 5.26. The van der Waals surface area contributed by atoms with Crippen molar-refractivity contribution < 1.29 is 4.79 Å². The van der Waals surface area contributed by atoms with E-state index in [1.165, 1.54) is 0 Å². The predicted octanol–water partition coefficient (Wildman–Crippen LogP) is 2.26. The molecule has 1 atom stereocenters. The Morgan fingerprint density at radius 3 is 2.87 bits per heavy atom. The lowest BCUT2D eigenvalue weighted by molar-refractivity contribution is -0.124. The molecule has 0 spiro atoms. The number of likely N-dealkylation sites (N-methyl/N-ethyl adjacent to an activating group) is 1. The lowest BCUT2D eigenvalue weighted by atomic mass is 10.2. The molecule has 3 aromatic heterocycles. The Morgan fingerprint density at radius 2 is 2.07 bits per heavy atom. The van der Waals surface area contributed by atoms with Crippen LogP contribution < -0.4 is 5.73 Å². The van der Waals surface area contributed by atoms with Crippen LogP contribution in [-0.2, 0) is 4.79 Å². The fraction of sp³-hybridized carbons (Fsp3) is 0.300. The van der Waals surface area contributed by atoms with Crippen molar-refractivity contribution in [2.75, 3.05) is 33.2 Å². The van der Waals surface area contributed by atoms with Crippen LogP contribution in [0.5, 0.6) is 0 Å². The van der Waals surface area contributed by atoms with E-state index in [-0.39, 0.29) is 5.91 Å². The van der Waals surface area contributed by atoms with Crippen molar-refractivity contribution in [1.82, 2.24) is 29.2 Å². The van der Waals surface area contributed by atoms with Crippen LogP contribution >= 0.6 is 23.1 Å². The van der Waals surface area contributed by atoms with Gasteiger partial charge in [-0.1, -0.05) is 11.8 Å². The highest BCUT2D eigenvalue weighted by Gasteiger charge is 2.30. The molecule has 0 saturated carbocycles. The van der Waals surface area contributed by atoms with E-state index in [9.17, 15) is 4.79 Å². The van der Waals surface area contributed by atoms with Crippen LogP contribution in [0.15, 0.2) is 52.8 Å². The number of carbonyl (C=O) groups is 1. The van der Waals surface area contributed by atoms with Crippen molar-refractivity contribution in [3.8, 4) is 0 Å². The minimum absolute atomic E-state index is 0.341. The molecule has 1 unspecified atom stereocenters. The molecule has 1 saturated heterocycles. The van der Waals surface area contributed by atoms with Gasteiger partial charge in [0.1, 0.15) is 16.1 Å². The summed E-state index contributed by atoms with van der Waals surface area (Å²) in [6, 6.07) is 7.57. The Bertz CT molecular complexity index is 1210. The van der Waals surface area contributed by atoms with E-state index < -0.39 is 6.04 Å². The van der Waals surface area contributed by atoms with E-state index in [0.717, 1.165) is 51.3 Å². The van der Waals surface area contributed by atoms with Gasteiger partial charge in [-0.15, -0.1) is 11.3 Å². The largest absolute Gasteiger partial charge is 0.368 e. The molecule has 8 nitrogen and oxygen atoms in total. The van der Waals surface area contributed by atoms with Crippen LogP contribution in [-0.4, -0.2) is 68.3 Å². The van der Waals surface area contributed by atoms with Gasteiger partial charge < -0.3 is 10.6 Å². The molecule has 4 aromatic rings. The number of piperazine rings is 1. The van der Waals surface area contributed by atoms with Gasteiger partial charge in [-0.25, -0.2) is 15.0 Å². The van der Waals surface area contributed by atoms with Crippen molar-refractivity contribution in [1.29, 1.82) is 0 Å². The van der Waals surface area contributed by atoms with Gasteiger partial charge in [0.15, 0.2) is 0 Å². The molecule has 0 radical (unpaired) electrons. The molecule has 5 rings (SSSR count). The third kappa shape index (κ3) is 3.67. The molecule has 4 heterocycles. The fourth-order valence-corrected chi connectivity index (χ4v) is 5.77. The van der Waals surface area contributed by atoms with Gasteiger partial charge in [0, 0.05) is 43.5 Å². The molecule has 0 bridgehead atoms. The Kier molecular flexibility index (Phi) is 5.15. The van der Waals surface area contributed by atoms with Crippen LogP contribution in [0.3, 0.4) is 0 Å². The minimum atomic E-state index is -0.475. The van der Waals surface area contributed by atoms with E-state index in [1.807, 2.05) is 35.0 Å². The zero-order valence-electron chi connectivity index (χ0n) is 16.4. The summed E-state index contributed by atoms with van der Waals surface area (Å²) >= 11 is 3.17. The van der Waals surface area contributed by atoms with Crippen LogP contribution in [0.1, 0.15) is 11.0 Å². The maximum atomic E-state index is 12.3. The fourth-order valence-electron chi connectivity index (χ4n) is 3.64. The topological polar surface area (TPSA) is 92.6 Å². The number of carbonyl (C=O) groups excluding carboxylic acids is 1. The summed E-state index contributed by atoms with van der Waals surface area (Å²) in [5, 5.41) is 1.76. The van der Waals surface area contributed by atoms with Gasteiger partial charge in [0.05, 0.1) is 16.4 Å². The summed E-state index contributed by atoms with van der Waals surface area (Å²) in [4.78, 5) is 31.1. The summed E-state index contributed by atoms with van der Waals surface area (Å²) in [6.07, 6.45) is 5.51. The number of imidazole rings is 1. The van der Waals surface area contributed by atoms with Gasteiger partial charge in [-0.3, -0.25) is 14.1 Å². The molecule has 10 heteroatoms. The zero-order valence-corrected chi connectivity index (χ0v) is 18.1. The highest BCUT2D eigenvalue weighted by Crippen LogP contribution is 2.35. The summed E-state index contributed by atoms with van der Waals surface area (Å²) in [5.74, 6) is 0.337. The highest BCUT2D eigenvalue weighted by molar-refractivity contribution is 7.99. The van der Waals surface area contributed by atoms with Crippen molar-refractivity contribution >= 4 is 45.0 Å². The molecule has 1 aromatic carbocycles. The van der Waals surface area contributed by atoms with Crippen LogP contribution in [0, 0.1) is 0 Å². The number of thiazole rings is 1. The average molecular weight is 440 g/mol. The van der Waals surface area contributed by atoms with E-state index in [2.05, 4.69) is 32.9 Å². The molecule has 1 fully saturated rings. The van der Waals surface area contributed by atoms with Gasteiger partial charge in [0.2, 0.25) is 11.7 Å². The quantitative estimate of drug-likeness (QED) is 0.510. The molecule has 1 aliphatic heterocycles. The number of hydrogen-bond acceptors (Lipinski definition) is 8. The first-order chi connectivity index (χ1) is 14.6. The first-order valence-corrected chi connectivity index (χ1v) is 11.3. The highest BCUT2D eigenvalue weighted by atomic mass is 32.2. The number of hydrogen-bond donors (Lipinski definition) is 1. The van der Waals surface area contributed by atoms with Crippen LogP contribution in [0.2, 0.25) is 0 Å². The second kappa shape index (κ2) is 7.95. The number of nitrogens with two attached hydrogens (primary N) is 1. The van der Waals surface area contributed by atoms with Crippen molar-refractivity contribution in [2.45, 2.75) is 16.0 Å². The zero-order chi connectivity index (χ0) is 20.7. The van der Waals surface area contributed by atoms with Crippen molar-refractivity contribution in [2.24, 2.45) is 5.73 Å². The lowest BCUT2D eigenvalue weighted by Gasteiger charge is -2.35. The minimum Gasteiger partial charge on any atom is -0.368 e. The lowest BCUT2D eigenvalue weighted by Crippen LogP contribution is -2.49. The normalized spacial score (nSPS) is 17.0. The number of rotatable bonds is 5. The van der Waals surface area contributed by atoms with Gasteiger partial charge in [0.25, 0.3) is 0 Å². The van der Waals surface area contributed by atoms with Gasteiger partial charge in [-0.2, -0.15) is 0 Å². The van der Waals surface area contributed by atoms with E-state index >= 15 is 0 Å². The molecule has 1 amide bonds. The number of amides is 1. The number of benzene rings is 1. The van der Waals surface area contributed by atoms with E-state index in [0.29, 0.717) is 5.78 Å². The van der Waals surface area contributed by atoms with E-state index in [4.69, 9.17) is 10.7 Å². The maximum absolute atomic E-state index is 12.3. The van der Waals surface area contributed by atoms with E-state index in [1.54, 1.807) is 29.3 Å². The number of fused-ring (bicyclic) bond motifs is 2. The SMILES string of the molecule is CN1CCN(C(C(N)=O)c2nc3ccc(Sc4cnc5ncccn45)cc3s2)CC1. The second-order valence-corrected chi connectivity index (χ2v) is 9.47. The molecule has 30 heavy (non-hydrogen) atoms. The average Bonchev–Trinajstić information content (AvgIpc) is 3.33. The summed E-state index contributed by atoms with van der Waals surface area (Å²) < 4.78 is 3.01. The Morgan fingerprint density at radius 1 is 1.23 bits per heavy atom. The second-order valence-electron chi connectivity index (χ2n) is 7.31. The Balaban J connectivity index is 1.43. The van der Waals surface area contributed by atoms with Gasteiger partial charge in [-0.05, 0) is 31.3 Å². The molecule has 154 valence electrons. The first kappa shape index (κ1) is 19.4. The maximum Gasteiger partial charge on any atom is 0.241 e. The number of primary amides is 1. The Labute approximate surface area is 181 Å². The standard InChI is InChI=1S/C20H21N7OS2/c1-25-7-9-26(10-8-25)17(18(21)28)19-24-14-4-3-13(11-15(14)30-19)29-16-12-23-20-22-5-2-6-27(16)20/h2-6,11-12,17H,7-10H2,1H3,(H2,21,28). The molecule has 2 N–H and O–H groups in total. The number of nitrogens with zero attached hydrogens (tertiary/aromatic N) is 6. The predicted molar refractivity (Wildman–Crippen MR) is 118 cm³/mol. The summed E-state index contributed by atoms with van der Waals surface area (Å²) in [6.45, 7) is 3.46. The third-order valence-corrected chi connectivity index (χ3v) is 7.33. The van der Waals surface area contributed by atoms with Gasteiger partial charge >= 0.3 is 0 Å². The Hall–Kier alpha value is -2.53. The first-order valence-electron chi connectivity index (χ1n) is 9.67. The molecule has 1 aliphatic rings. The molecular weight excluding hydrogens is 418 g/mol. The molecule has 0 aliphatic carbocycles. The summed E-state index contributed by atoms with van der Waals surface area (Å²) in [5.41, 5.74) is 6.67. The molecular formula is C20H21N7OS2. The van der Waals surface area contributed by atoms with Crippen molar-refractivity contribution in [3.05, 3.63) is 47.9 Å². The van der Waals surface area contributed by atoms with Crippen LogP contribution in [0.25, 0.3) is 16.0 Å².